The first kappa shape index (κ1) is 18.3. The van der Waals surface area contributed by atoms with Crippen molar-refractivity contribution < 1.29 is 9.21 Å². The van der Waals surface area contributed by atoms with E-state index >= 15 is 0 Å². The summed E-state index contributed by atoms with van der Waals surface area (Å²) < 4.78 is 5.24. The fraction of sp³-hybridized carbons (Fsp3) is 0.136. The first-order valence-corrected chi connectivity index (χ1v) is 9.84. The van der Waals surface area contributed by atoms with E-state index in [0.29, 0.717) is 17.3 Å². The molecular formula is C22H19N3O2S. The summed E-state index contributed by atoms with van der Waals surface area (Å²) in [6.07, 6.45) is 3.76. The van der Waals surface area contributed by atoms with Crippen molar-refractivity contribution in [3.63, 3.8) is 0 Å². The zero-order valence-electron chi connectivity index (χ0n) is 15.4. The maximum atomic E-state index is 13.2. The highest BCUT2D eigenvalue weighted by molar-refractivity contribution is 8.16. The van der Waals surface area contributed by atoms with Crippen molar-refractivity contribution in [2.75, 3.05) is 4.90 Å². The number of nitrogens with zero attached hydrogens (tertiary/aromatic N) is 3. The summed E-state index contributed by atoms with van der Waals surface area (Å²) in [5.74, 6) is 0.630. The first-order chi connectivity index (χ1) is 13.7. The lowest BCUT2D eigenvalue weighted by molar-refractivity contribution is -0.116. The maximum absolute atomic E-state index is 13.2. The standard InChI is InChI=1S/C22H19N3O2S/c1-16-7-5-8-17(13-16)14-20-21(26)25(18-9-3-2-4-10-18)22(28-20)24-23-15-19-11-6-12-27-19/h2-13,15,20H,14H2,1H3/b23-15-,24-22-/t20-/m0/s1. The van der Waals surface area contributed by atoms with E-state index in [4.69, 9.17) is 4.42 Å². The van der Waals surface area contributed by atoms with Crippen molar-refractivity contribution >= 4 is 34.7 Å². The Balaban J connectivity index is 1.61. The molecular weight excluding hydrogens is 370 g/mol. The second-order valence-corrected chi connectivity index (χ2v) is 7.62. The van der Waals surface area contributed by atoms with E-state index in [9.17, 15) is 4.79 Å². The number of furan rings is 1. The molecule has 1 saturated heterocycles. The molecule has 0 unspecified atom stereocenters. The average Bonchev–Trinajstić information content (AvgIpc) is 3.31. The van der Waals surface area contributed by atoms with Gasteiger partial charge >= 0.3 is 0 Å². The van der Waals surface area contributed by atoms with Gasteiger partial charge < -0.3 is 4.42 Å². The van der Waals surface area contributed by atoms with Crippen LogP contribution in [0.5, 0.6) is 0 Å². The van der Waals surface area contributed by atoms with Gasteiger partial charge in [0.1, 0.15) is 5.76 Å². The summed E-state index contributed by atoms with van der Waals surface area (Å²) in [4.78, 5) is 14.8. The number of hydrogen-bond acceptors (Lipinski definition) is 5. The van der Waals surface area contributed by atoms with E-state index in [1.54, 1.807) is 23.3 Å². The molecule has 4 rings (SSSR count). The Labute approximate surface area is 167 Å². The molecule has 0 aliphatic carbocycles. The van der Waals surface area contributed by atoms with Crippen LogP contribution >= 0.6 is 11.8 Å². The van der Waals surface area contributed by atoms with Gasteiger partial charge in [-0.2, -0.15) is 5.10 Å². The molecule has 1 atom stereocenters. The van der Waals surface area contributed by atoms with Gasteiger partial charge in [0.05, 0.1) is 23.4 Å². The van der Waals surface area contributed by atoms with Gasteiger partial charge in [-0.25, -0.2) is 0 Å². The molecule has 0 bridgehead atoms. The fourth-order valence-corrected chi connectivity index (χ4v) is 4.17. The molecule has 140 valence electrons. The van der Waals surface area contributed by atoms with Gasteiger partial charge in [0, 0.05) is 0 Å². The molecule has 1 fully saturated rings. The molecule has 1 aliphatic rings. The van der Waals surface area contributed by atoms with Gasteiger partial charge in [-0.15, -0.1) is 5.10 Å². The lowest BCUT2D eigenvalue weighted by Crippen LogP contribution is -2.32. The number of benzene rings is 2. The zero-order chi connectivity index (χ0) is 19.3. The molecule has 0 N–H and O–H groups in total. The van der Waals surface area contributed by atoms with Gasteiger partial charge in [-0.3, -0.25) is 9.69 Å². The summed E-state index contributed by atoms with van der Waals surface area (Å²) in [5, 5.41) is 8.76. The minimum absolute atomic E-state index is 0.0182. The molecule has 2 heterocycles. The van der Waals surface area contributed by atoms with E-state index in [1.165, 1.54) is 23.5 Å². The van der Waals surface area contributed by atoms with Crippen molar-refractivity contribution in [3.05, 3.63) is 89.9 Å². The maximum Gasteiger partial charge on any atom is 0.247 e. The lowest BCUT2D eigenvalue weighted by atomic mass is 10.1. The summed E-state index contributed by atoms with van der Waals surface area (Å²) in [7, 11) is 0. The molecule has 0 spiro atoms. The van der Waals surface area contributed by atoms with Gasteiger partial charge in [0.2, 0.25) is 5.91 Å². The summed E-state index contributed by atoms with van der Waals surface area (Å²) in [5.41, 5.74) is 3.11. The number of carbonyl (C=O) groups excluding carboxylic acids is 1. The monoisotopic (exact) mass is 389 g/mol. The molecule has 28 heavy (non-hydrogen) atoms. The Bertz CT molecular complexity index is 1010. The van der Waals surface area contributed by atoms with Crippen LogP contribution in [0.1, 0.15) is 16.9 Å². The Morgan fingerprint density at radius 2 is 1.96 bits per heavy atom. The second-order valence-electron chi connectivity index (χ2n) is 6.45. The van der Waals surface area contributed by atoms with E-state index in [2.05, 4.69) is 35.3 Å². The number of rotatable bonds is 5. The van der Waals surface area contributed by atoms with Crippen molar-refractivity contribution in [2.45, 2.75) is 18.6 Å². The van der Waals surface area contributed by atoms with Gasteiger partial charge in [0.15, 0.2) is 5.17 Å². The third-order valence-corrected chi connectivity index (χ3v) is 5.45. The number of thioether (sulfide) groups is 1. The molecule has 0 saturated carbocycles. The van der Waals surface area contributed by atoms with Gasteiger partial charge in [-0.05, 0) is 43.2 Å². The largest absolute Gasteiger partial charge is 0.463 e. The molecule has 0 radical (unpaired) electrons. The van der Waals surface area contributed by atoms with Crippen molar-refractivity contribution in [3.8, 4) is 0 Å². The van der Waals surface area contributed by atoms with E-state index < -0.39 is 0 Å². The Morgan fingerprint density at radius 1 is 1.11 bits per heavy atom. The van der Waals surface area contributed by atoms with Gasteiger partial charge in [-0.1, -0.05) is 59.8 Å². The molecule has 6 heteroatoms. The summed E-state index contributed by atoms with van der Waals surface area (Å²) >= 11 is 1.44. The Kier molecular flexibility index (Phi) is 5.39. The molecule has 1 aromatic heterocycles. The highest BCUT2D eigenvalue weighted by Gasteiger charge is 2.39. The van der Waals surface area contributed by atoms with Crippen LogP contribution in [0.2, 0.25) is 0 Å². The minimum atomic E-state index is -0.237. The molecule has 1 amide bonds. The van der Waals surface area contributed by atoms with Crippen molar-refractivity contribution in [2.24, 2.45) is 10.2 Å². The topological polar surface area (TPSA) is 58.2 Å². The highest BCUT2D eigenvalue weighted by atomic mass is 32.2. The number of carbonyl (C=O) groups is 1. The van der Waals surface area contributed by atoms with Crippen LogP contribution in [0.25, 0.3) is 0 Å². The quantitative estimate of drug-likeness (QED) is 0.471. The van der Waals surface area contributed by atoms with Crippen LogP contribution in [-0.4, -0.2) is 22.5 Å². The second kappa shape index (κ2) is 8.27. The van der Waals surface area contributed by atoms with Crippen molar-refractivity contribution in [1.82, 2.24) is 0 Å². The number of anilines is 1. The molecule has 2 aromatic carbocycles. The first-order valence-electron chi connectivity index (χ1n) is 8.96. The predicted molar refractivity (Wildman–Crippen MR) is 114 cm³/mol. The summed E-state index contributed by atoms with van der Waals surface area (Å²) in [6, 6.07) is 21.4. The third-order valence-electron chi connectivity index (χ3n) is 4.32. The fourth-order valence-electron chi connectivity index (χ4n) is 3.03. The van der Waals surface area contributed by atoms with Crippen LogP contribution in [0.15, 0.2) is 87.6 Å². The molecule has 3 aromatic rings. The zero-order valence-corrected chi connectivity index (χ0v) is 16.2. The summed E-state index contributed by atoms with van der Waals surface area (Å²) in [6.45, 7) is 2.06. The lowest BCUT2D eigenvalue weighted by Gasteiger charge is -2.15. The Hall–Kier alpha value is -3.12. The minimum Gasteiger partial charge on any atom is -0.463 e. The van der Waals surface area contributed by atoms with E-state index in [-0.39, 0.29) is 11.2 Å². The number of aryl methyl sites for hydroxylation is 1. The van der Waals surface area contributed by atoms with Crippen LogP contribution in [0, 0.1) is 6.92 Å². The van der Waals surface area contributed by atoms with Gasteiger partial charge in [0.25, 0.3) is 0 Å². The smallest absolute Gasteiger partial charge is 0.247 e. The van der Waals surface area contributed by atoms with Crippen LogP contribution in [-0.2, 0) is 11.2 Å². The average molecular weight is 389 g/mol. The van der Waals surface area contributed by atoms with E-state index in [1.807, 2.05) is 36.4 Å². The van der Waals surface area contributed by atoms with Crippen LogP contribution < -0.4 is 4.90 Å². The highest BCUT2D eigenvalue weighted by Crippen LogP contribution is 2.34. The van der Waals surface area contributed by atoms with E-state index in [0.717, 1.165) is 11.3 Å². The number of amides is 1. The third kappa shape index (κ3) is 4.07. The molecule has 1 aliphatic heterocycles. The Morgan fingerprint density at radius 3 is 2.71 bits per heavy atom. The van der Waals surface area contributed by atoms with Crippen LogP contribution in [0.3, 0.4) is 0 Å². The normalized spacial score (nSPS) is 18.5. The number of para-hydroxylation sites is 1. The van der Waals surface area contributed by atoms with Crippen LogP contribution in [0.4, 0.5) is 5.69 Å². The predicted octanol–water partition coefficient (Wildman–Crippen LogP) is 4.67. The van der Waals surface area contributed by atoms with Crippen molar-refractivity contribution in [1.29, 1.82) is 0 Å². The number of amidine groups is 1. The molecule has 5 nitrogen and oxygen atoms in total. The SMILES string of the molecule is Cc1cccc(C[C@@H]2S/C(=N\N=C/c3ccco3)N(c3ccccc3)C2=O)c1. The number of hydrogen-bond donors (Lipinski definition) is 0.